The first-order chi connectivity index (χ1) is 13.4. The smallest absolute Gasteiger partial charge is 0.410 e. The number of carbonyl (C=O) groups excluding carboxylic acids is 2. The summed E-state index contributed by atoms with van der Waals surface area (Å²) in [6, 6.07) is 7.98. The van der Waals surface area contributed by atoms with Crippen molar-refractivity contribution in [2.45, 2.75) is 25.2 Å². The molecular formula is C18H18FN3O6. The molecule has 0 spiro atoms. The summed E-state index contributed by atoms with van der Waals surface area (Å²) >= 11 is 0. The molecule has 0 aliphatic carbocycles. The summed E-state index contributed by atoms with van der Waals surface area (Å²) in [5.41, 5.74) is -0.848. The molecule has 2 aromatic rings. The molecule has 1 fully saturated rings. The van der Waals surface area contributed by atoms with Crippen LogP contribution < -0.4 is 5.56 Å². The summed E-state index contributed by atoms with van der Waals surface area (Å²) in [4.78, 5) is 43.3. The third-order valence-electron chi connectivity index (χ3n) is 4.30. The SMILES string of the molecule is COC(=O)c1nc(C2CC(F)CN2C(=O)OCc2ccccc2)[nH]c(=O)c1O. The molecule has 2 atom stereocenters. The predicted molar refractivity (Wildman–Crippen MR) is 93.4 cm³/mol. The van der Waals surface area contributed by atoms with Gasteiger partial charge in [-0.3, -0.25) is 9.69 Å². The van der Waals surface area contributed by atoms with Crippen molar-refractivity contribution in [3.8, 4) is 5.75 Å². The molecule has 1 amide bonds. The van der Waals surface area contributed by atoms with Gasteiger partial charge in [-0.2, -0.15) is 0 Å². The maximum Gasteiger partial charge on any atom is 0.410 e. The van der Waals surface area contributed by atoms with Crippen LogP contribution in [0.5, 0.6) is 5.75 Å². The van der Waals surface area contributed by atoms with Gasteiger partial charge in [0.15, 0.2) is 5.69 Å². The molecule has 2 N–H and O–H groups in total. The van der Waals surface area contributed by atoms with Crippen molar-refractivity contribution < 1.29 is 28.6 Å². The van der Waals surface area contributed by atoms with Gasteiger partial charge in [0.2, 0.25) is 5.75 Å². The number of aromatic nitrogens is 2. The van der Waals surface area contributed by atoms with E-state index in [2.05, 4.69) is 14.7 Å². The van der Waals surface area contributed by atoms with E-state index in [0.29, 0.717) is 0 Å². The van der Waals surface area contributed by atoms with Crippen LogP contribution in [0.25, 0.3) is 0 Å². The number of hydrogen-bond donors (Lipinski definition) is 2. The number of carbonyl (C=O) groups is 2. The molecule has 0 radical (unpaired) electrons. The van der Waals surface area contributed by atoms with E-state index in [1.54, 1.807) is 24.3 Å². The molecular weight excluding hydrogens is 373 g/mol. The van der Waals surface area contributed by atoms with Crippen LogP contribution >= 0.6 is 0 Å². The molecule has 1 aliphatic heterocycles. The van der Waals surface area contributed by atoms with Gasteiger partial charge in [-0.15, -0.1) is 0 Å². The highest BCUT2D eigenvalue weighted by Crippen LogP contribution is 2.32. The number of nitrogens with zero attached hydrogens (tertiary/aromatic N) is 2. The van der Waals surface area contributed by atoms with Gasteiger partial charge in [-0.25, -0.2) is 19.0 Å². The van der Waals surface area contributed by atoms with E-state index < -0.39 is 41.3 Å². The summed E-state index contributed by atoms with van der Waals surface area (Å²) in [6.45, 7) is -0.261. The average molecular weight is 391 g/mol. The molecule has 1 aliphatic rings. The van der Waals surface area contributed by atoms with Crippen LogP contribution in [0.15, 0.2) is 35.1 Å². The zero-order valence-corrected chi connectivity index (χ0v) is 14.9. The summed E-state index contributed by atoms with van der Waals surface area (Å²) in [6.07, 6.45) is -2.30. The van der Waals surface area contributed by atoms with Crippen LogP contribution in [0.2, 0.25) is 0 Å². The molecule has 148 valence electrons. The van der Waals surface area contributed by atoms with E-state index in [0.717, 1.165) is 17.6 Å². The third kappa shape index (κ3) is 3.95. The number of benzene rings is 1. The zero-order chi connectivity index (χ0) is 20.3. The second kappa shape index (κ2) is 8.07. The second-order valence-electron chi connectivity index (χ2n) is 6.18. The maximum atomic E-state index is 14.0. The van der Waals surface area contributed by atoms with Crippen molar-refractivity contribution in [1.82, 2.24) is 14.9 Å². The van der Waals surface area contributed by atoms with Crippen molar-refractivity contribution >= 4 is 12.1 Å². The lowest BCUT2D eigenvalue weighted by molar-refractivity contribution is 0.0588. The number of halogens is 1. The zero-order valence-electron chi connectivity index (χ0n) is 14.9. The van der Waals surface area contributed by atoms with E-state index in [4.69, 9.17) is 4.74 Å². The quantitative estimate of drug-likeness (QED) is 0.761. The number of nitrogens with one attached hydrogen (secondary N) is 1. The molecule has 1 aromatic heterocycles. The molecule has 0 bridgehead atoms. The first kappa shape index (κ1) is 19.3. The number of methoxy groups -OCH3 is 1. The summed E-state index contributed by atoms with van der Waals surface area (Å²) in [5.74, 6) is -2.08. The van der Waals surface area contributed by atoms with Crippen LogP contribution in [-0.2, 0) is 16.1 Å². The monoisotopic (exact) mass is 391 g/mol. The lowest BCUT2D eigenvalue weighted by Gasteiger charge is -2.23. The molecule has 1 saturated heterocycles. The molecule has 10 heteroatoms. The van der Waals surface area contributed by atoms with Crippen molar-refractivity contribution in [2.75, 3.05) is 13.7 Å². The average Bonchev–Trinajstić information content (AvgIpc) is 3.10. The fraction of sp³-hybridized carbons (Fsp3) is 0.333. The number of likely N-dealkylation sites (tertiary alicyclic amines) is 1. The van der Waals surface area contributed by atoms with Gasteiger partial charge in [0, 0.05) is 6.42 Å². The molecule has 28 heavy (non-hydrogen) atoms. The Labute approximate surface area is 158 Å². The fourth-order valence-electron chi connectivity index (χ4n) is 2.93. The molecule has 1 aromatic carbocycles. The fourth-order valence-corrected chi connectivity index (χ4v) is 2.93. The molecule has 2 unspecified atom stereocenters. The first-order valence-corrected chi connectivity index (χ1v) is 8.43. The van der Waals surface area contributed by atoms with Crippen LogP contribution in [0.3, 0.4) is 0 Å². The van der Waals surface area contributed by atoms with Gasteiger partial charge in [0.25, 0.3) is 5.56 Å². The Morgan fingerprint density at radius 3 is 2.75 bits per heavy atom. The molecule has 9 nitrogen and oxygen atoms in total. The minimum Gasteiger partial charge on any atom is -0.501 e. The number of ether oxygens (including phenoxy) is 2. The Morgan fingerprint density at radius 1 is 1.36 bits per heavy atom. The van der Waals surface area contributed by atoms with Crippen molar-refractivity contribution in [2.24, 2.45) is 0 Å². The number of H-pyrrole nitrogens is 1. The van der Waals surface area contributed by atoms with Gasteiger partial charge in [-0.1, -0.05) is 30.3 Å². The molecule has 2 heterocycles. The van der Waals surface area contributed by atoms with Crippen molar-refractivity contribution in [3.05, 3.63) is 57.8 Å². The lowest BCUT2D eigenvalue weighted by Crippen LogP contribution is -2.34. The Hall–Kier alpha value is -3.43. The predicted octanol–water partition coefficient (Wildman–Crippen LogP) is 1.68. The van der Waals surface area contributed by atoms with Gasteiger partial charge < -0.3 is 19.6 Å². The normalized spacial score (nSPS) is 18.7. The van der Waals surface area contributed by atoms with Gasteiger partial charge in [0.1, 0.15) is 18.6 Å². The largest absolute Gasteiger partial charge is 0.501 e. The van der Waals surface area contributed by atoms with E-state index in [1.165, 1.54) is 0 Å². The second-order valence-corrected chi connectivity index (χ2v) is 6.18. The van der Waals surface area contributed by atoms with E-state index in [-0.39, 0.29) is 25.4 Å². The summed E-state index contributed by atoms with van der Waals surface area (Å²) < 4.78 is 23.7. The van der Waals surface area contributed by atoms with Crippen LogP contribution in [0.1, 0.15) is 34.3 Å². The first-order valence-electron chi connectivity index (χ1n) is 8.43. The number of hydrogen-bond acceptors (Lipinski definition) is 7. The van der Waals surface area contributed by atoms with Crippen LogP contribution in [-0.4, -0.2) is 51.9 Å². The third-order valence-corrected chi connectivity index (χ3v) is 4.30. The molecule has 0 saturated carbocycles. The maximum absolute atomic E-state index is 14.0. The van der Waals surface area contributed by atoms with Crippen molar-refractivity contribution in [3.63, 3.8) is 0 Å². The van der Waals surface area contributed by atoms with Crippen LogP contribution in [0, 0.1) is 0 Å². The topological polar surface area (TPSA) is 122 Å². The number of aromatic amines is 1. The Kier molecular flexibility index (Phi) is 5.57. The van der Waals surface area contributed by atoms with Crippen molar-refractivity contribution in [1.29, 1.82) is 0 Å². The standard InChI is InChI=1S/C18H18FN3O6/c1-27-17(25)13-14(23)16(24)21-15(20-13)12-7-11(19)8-22(12)18(26)28-9-10-5-3-2-4-6-10/h2-6,11-12,23H,7-9H2,1H3,(H,20,21,24). The number of esters is 1. The Bertz CT molecular complexity index is 933. The highest BCUT2D eigenvalue weighted by atomic mass is 19.1. The number of alkyl halides is 1. The van der Waals surface area contributed by atoms with Crippen LogP contribution in [0.4, 0.5) is 9.18 Å². The summed E-state index contributed by atoms with van der Waals surface area (Å²) in [7, 11) is 1.06. The number of rotatable bonds is 4. The minimum absolute atomic E-state index is 0.00716. The van der Waals surface area contributed by atoms with E-state index >= 15 is 0 Å². The minimum atomic E-state index is -1.37. The molecule has 3 rings (SSSR count). The van der Waals surface area contributed by atoms with Gasteiger partial charge in [-0.05, 0) is 5.56 Å². The van der Waals surface area contributed by atoms with Gasteiger partial charge in [0.05, 0.1) is 19.7 Å². The number of amides is 1. The summed E-state index contributed by atoms with van der Waals surface area (Å²) in [5, 5.41) is 9.72. The Morgan fingerprint density at radius 2 is 2.07 bits per heavy atom. The highest BCUT2D eigenvalue weighted by Gasteiger charge is 2.39. The van der Waals surface area contributed by atoms with E-state index in [1.807, 2.05) is 6.07 Å². The number of aromatic hydroxyl groups is 1. The Balaban J connectivity index is 1.84. The lowest BCUT2D eigenvalue weighted by atomic mass is 10.2. The van der Waals surface area contributed by atoms with Gasteiger partial charge >= 0.3 is 12.1 Å². The highest BCUT2D eigenvalue weighted by molar-refractivity contribution is 5.89. The van der Waals surface area contributed by atoms with E-state index in [9.17, 15) is 23.9 Å².